The molecule has 5 nitrogen and oxygen atoms in total. The fraction of sp³-hybridized carbons (Fsp3) is 0.208. The Labute approximate surface area is 170 Å². The number of carbonyl (C=O) groups is 1. The van der Waals surface area contributed by atoms with Crippen molar-refractivity contribution in [2.75, 3.05) is 7.05 Å². The zero-order valence-electron chi connectivity index (χ0n) is 17.2. The Hall–Kier alpha value is -3.47. The standard InChI is InChI=1S/C24H24N4O/c1-5-28-21-13-12-20(24(29)25-4)26-22(21)27-23(28)19-9-7-6-8-18(19)17-11-10-15(2)14-16(17)3/h6-14H,5H2,1-4H3,(H,25,29). The van der Waals surface area contributed by atoms with Gasteiger partial charge in [-0.05, 0) is 49.6 Å². The van der Waals surface area contributed by atoms with E-state index in [0.717, 1.165) is 29.0 Å². The highest BCUT2D eigenvalue weighted by Crippen LogP contribution is 2.35. The predicted molar refractivity (Wildman–Crippen MR) is 117 cm³/mol. The van der Waals surface area contributed by atoms with Crippen LogP contribution in [0.15, 0.2) is 54.6 Å². The van der Waals surface area contributed by atoms with Gasteiger partial charge in [0.1, 0.15) is 11.5 Å². The molecule has 0 unspecified atom stereocenters. The average molecular weight is 384 g/mol. The van der Waals surface area contributed by atoms with Crippen molar-refractivity contribution in [3.05, 3.63) is 71.4 Å². The van der Waals surface area contributed by atoms with Crippen molar-refractivity contribution in [3.8, 4) is 22.5 Å². The van der Waals surface area contributed by atoms with E-state index in [4.69, 9.17) is 4.98 Å². The third-order valence-electron chi connectivity index (χ3n) is 5.23. The maximum Gasteiger partial charge on any atom is 0.269 e. The first-order valence-electron chi connectivity index (χ1n) is 9.80. The van der Waals surface area contributed by atoms with E-state index in [2.05, 4.69) is 72.0 Å². The molecule has 4 aromatic rings. The van der Waals surface area contributed by atoms with Crippen LogP contribution in [0.1, 0.15) is 28.5 Å². The predicted octanol–water partition coefficient (Wildman–Crippen LogP) is 4.76. The molecule has 0 saturated heterocycles. The second-order valence-corrected chi connectivity index (χ2v) is 7.16. The highest BCUT2D eigenvalue weighted by Gasteiger charge is 2.18. The Morgan fingerprint density at radius 2 is 1.72 bits per heavy atom. The summed E-state index contributed by atoms with van der Waals surface area (Å²) in [4.78, 5) is 21.3. The van der Waals surface area contributed by atoms with Gasteiger partial charge >= 0.3 is 0 Å². The Kier molecular flexibility index (Phi) is 4.89. The molecule has 5 heteroatoms. The van der Waals surface area contributed by atoms with Gasteiger partial charge in [-0.3, -0.25) is 4.79 Å². The van der Waals surface area contributed by atoms with Crippen molar-refractivity contribution in [1.82, 2.24) is 19.9 Å². The monoisotopic (exact) mass is 384 g/mol. The summed E-state index contributed by atoms with van der Waals surface area (Å²) >= 11 is 0. The number of nitrogens with one attached hydrogen (secondary N) is 1. The summed E-state index contributed by atoms with van der Waals surface area (Å²) in [5.74, 6) is 0.648. The first-order valence-corrected chi connectivity index (χ1v) is 9.80. The van der Waals surface area contributed by atoms with Gasteiger partial charge in [0.25, 0.3) is 5.91 Å². The highest BCUT2D eigenvalue weighted by atomic mass is 16.1. The van der Waals surface area contributed by atoms with Gasteiger partial charge in [-0.15, -0.1) is 0 Å². The highest BCUT2D eigenvalue weighted by molar-refractivity contribution is 5.94. The van der Waals surface area contributed by atoms with Crippen LogP contribution >= 0.6 is 0 Å². The van der Waals surface area contributed by atoms with Crippen LogP contribution in [0.5, 0.6) is 0 Å². The number of hydrogen-bond acceptors (Lipinski definition) is 3. The molecule has 0 spiro atoms. The number of aryl methyl sites for hydroxylation is 3. The topological polar surface area (TPSA) is 59.8 Å². The van der Waals surface area contributed by atoms with Crippen LogP contribution < -0.4 is 5.32 Å². The first kappa shape index (κ1) is 18.9. The van der Waals surface area contributed by atoms with E-state index in [1.165, 1.54) is 16.7 Å². The van der Waals surface area contributed by atoms with E-state index in [1.807, 2.05) is 12.1 Å². The lowest BCUT2D eigenvalue weighted by Gasteiger charge is -2.13. The molecular weight excluding hydrogens is 360 g/mol. The summed E-state index contributed by atoms with van der Waals surface area (Å²) < 4.78 is 2.15. The molecule has 4 rings (SSSR count). The lowest BCUT2D eigenvalue weighted by Crippen LogP contribution is -2.19. The summed E-state index contributed by atoms with van der Waals surface area (Å²) in [6, 6.07) is 18.5. The van der Waals surface area contributed by atoms with Crippen molar-refractivity contribution >= 4 is 17.1 Å². The molecule has 0 aliphatic heterocycles. The quantitative estimate of drug-likeness (QED) is 0.552. The van der Waals surface area contributed by atoms with E-state index in [-0.39, 0.29) is 5.91 Å². The number of rotatable bonds is 4. The smallest absolute Gasteiger partial charge is 0.269 e. The maximum absolute atomic E-state index is 12.0. The van der Waals surface area contributed by atoms with E-state index in [9.17, 15) is 4.79 Å². The fourth-order valence-electron chi connectivity index (χ4n) is 3.82. The molecule has 2 aromatic carbocycles. The number of benzene rings is 2. The molecule has 0 bridgehead atoms. The van der Waals surface area contributed by atoms with E-state index >= 15 is 0 Å². The number of pyridine rings is 1. The van der Waals surface area contributed by atoms with Gasteiger partial charge in [0.05, 0.1) is 5.52 Å². The lowest BCUT2D eigenvalue weighted by molar-refractivity contribution is 0.0958. The summed E-state index contributed by atoms with van der Waals surface area (Å²) in [6.07, 6.45) is 0. The molecule has 0 radical (unpaired) electrons. The van der Waals surface area contributed by atoms with Crippen molar-refractivity contribution in [2.45, 2.75) is 27.3 Å². The van der Waals surface area contributed by atoms with Crippen LogP contribution in [-0.2, 0) is 6.54 Å². The third kappa shape index (κ3) is 3.29. The number of fused-ring (bicyclic) bond motifs is 1. The number of nitrogens with zero attached hydrogens (tertiary/aromatic N) is 3. The Morgan fingerprint density at radius 1 is 0.966 bits per heavy atom. The van der Waals surface area contributed by atoms with Crippen LogP contribution in [-0.4, -0.2) is 27.5 Å². The molecule has 0 saturated carbocycles. The van der Waals surface area contributed by atoms with Crippen molar-refractivity contribution in [1.29, 1.82) is 0 Å². The van der Waals surface area contributed by atoms with Gasteiger partial charge in [-0.2, -0.15) is 0 Å². The molecule has 146 valence electrons. The Morgan fingerprint density at radius 3 is 2.41 bits per heavy atom. The van der Waals surface area contributed by atoms with E-state index in [1.54, 1.807) is 13.1 Å². The molecule has 0 fully saturated rings. The molecule has 0 aliphatic rings. The maximum atomic E-state index is 12.0. The first-order chi connectivity index (χ1) is 14.0. The number of carbonyl (C=O) groups excluding carboxylic acids is 1. The molecule has 1 N–H and O–H groups in total. The summed E-state index contributed by atoms with van der Waals surface area (Å²) in [5.41, 5.74) is 7.74. The molecular formula is C24H24N4O. The summed E-state index contributed by atoms with van der Waals surface area (Å²) in [6.45, 7) is 7.10. The second kappa shape index (κ2) is 7.51. The van der Waals surface area contributed by atoms with Gasteiger partial charge in [-0.25, -0.2) is 9.97 Å². The van der Waals surface area contributed by atoms with Crippen LogP contribution in [0, 0.1) is 13.8 Å². The van der Waals surface area contributed by atoms with Gasteiger partial charge in [0.2, 0.25) is 0 Å². The lowest BCUT2D eigenvalue weighted by atomic mass is 9.94. The number of aromatic nitrogens is 3. The van der Waals surface area contributed by atoms with Crippen molar-refractivity contribution in [3.63, 3.8) is 0 Å². The number of amides is 1. The van der Waals surface area contributed by atoms with Crippen LogP contribution in [0.3, 0.4) is 0 Å². The largest absolute Gasteiger partial charge is 0.354 e. The SMILES string of the molecule is CCn1c(-c2ccccc2-c2ccc(C)cc2C)nc2nc(C(=O)NC)ccc21. The molecule has 2 aromatic heterocycles. The third-order valence-corrected chi connectivity index (χ3v) is 5.23. The number of hydrogen-bond donors (Lipinski definition) is 1. The minimum atomic E-state index is -0.213. The van der Waals surface area contributed by atoms with Gasteiger partial charge in [0, 0.05) is 19.2 Å². The van der Waals surface area contributed by atoms with E-state index in [0.29, 0.717) is 11.3 Å². The molecule has 2 heterocycles. The van der Waals surface area contributed by atoms with Gasteiger partial charge in [-0.1, -0.05) is 48.0 Å². The molecule has 1 amide bonds. The Balaban J connectivity index is 1.94. The minimum Gasteiger partial charge on any atom is -0.354 e. The van der Waals surface area contributed by atoms with Crippen LogP contribution in [0.4, 0.5) is 0 Å². The van der Waals surface area contributed by atoms with Crippen LogP contribution in [0.25, 0.3) is 33.7 Å². The fourth-order valence-corrected chi connectivity index (χ4v) is 3.82. The number of imidazole rings is 1. The zero-order valence-corrected chi connectivity index (χ0v) is 17.2. The van der Waals surface area contributed by atoms with Gasteiger partial charge in [0.15, 0.2) is 5.65 Å². The molecule has 0 aliphatic carbocycles. The summed E-state index contributed by atoms with van der Waals surface area (Å²) in [7, 11) is 1.60. The average Bonchev–Trinajstić information content (AvgIpc) is 3.10. The Bertz CT molecular complexity index is 1220. The van der Waals surface area contributed by atoms with Crippen molar-refractivity contribution in [2.24, 2.45) is 0 Å². The summed E-state index contributed by atoms with van der Waals surface area (Å²) in [5, 5.41) is 2.62. The van der Waals surface area contributed by atoms with Crippen molar-refractivity contribution < 1.29 is 4.79 Å². The second-order valence-electron chi connectivity index (χ2n) is 7.16. The van der Waals surface area contributed by atoms with E-state index < -0.39 is 0 Å². The van der Waals surface area contributed by atoms with Gasteiger partial charge < -0.3 is 9.88 Å². The molecule has 0 atom stereocenters. The molecule has 29 heavy (non-hydrogen) atoms. The van der Waals surface area contributed by atoms with Crippen LogP contribution in [0.2, 0.25) is 0 Å². The zero-order chi connectivity index (χ0) is 20.5. The minimum absolute atomic E-state index is 0.213. The normalized spacial score (nSPS) is 11.0.